The van der Waals surface area contributed by atoms with Gasteiger partial charge < -0.3 is 26.6 Å². The summed E-state index contributed by atoms with van der Waals surface area (Å²) < 4.78 is 0. The minimum Gasteiger partial charge on any atom is -0.508 e. The van der Waals surface area contributed by atoms with Gasteiger partial charge in [0.05, 0.1) is 12.6 Å². The number of amides is 2. The second-order valence-electron chi connectivity index (χ2n) is 4.84. The zero-order valence-electron chi connectivity index (χ0n) is 12.2. The van der Waals surface area contributed by atoms with Gasteiger partial charge in [0.2, 0.25) is 11.8 Å². The Labute approximate surface area is 138 Å². The molecule has 0 aliphatic heterocycles. The fraction of sp³-hybridized carbons (Fsp3) is 0.357. The number of rotatable bonds is 8. The van der Waals surface area contributed by atoms with Crippen LogP contribution in [0.2, 0.25) is 0 Å². The molecule has 0 aromatic heterocycles. The molecule has 2 unspecified atom stereocenters. The Morgan fingerprint density at radius 1 is 1.22 bits per heavy atom. The number of phenolic OH excluding ortho intramolecular Hbond substituents is 1. The van der Waals surface area contributed by atoms with Gasteiger partial charge in [-0.2, -0.15) is 12.6 Å². The van der Waals surface area contributed by atoms with Gasteiger partial charge in [0.15, 0.2) is 0 Å². The van der Waals surface area contributed by atoms with Gasteiger partial charge >= 0.3 is 5.97 Å². The van der Waals surface area contributed by atoms with Crippen molar-refractivity contribution in [3.63, 3.8) is 0 Å². The lowest BCUT2D eigenvalue weighted by Gasteiger charge is -2.14. The Bertz CT molecular complexity index is 564. The number of phenols is 1. The van der Waals surface area contributed by atoms with E-state index in [9.17, 15) is 19.5 Å². The van der Waals surface area contributed by atoms with E-state index >= 15 is 0 Å². The third-order valence-electron chi connectivity index (χ3n) is 2.97. The molecule has 0 fully saturated rings. The van der Waals surface area contributed by atoms with Crippen LogP contribution in [0, 0.1) is 0 Å². The average molecular weight is 341 g/mol. The Hall–Kier alpha value is -2.26. The number of aromatic hydroxyl groups is 1. The van der Waals surface area contributed by atoms with Crippen molar-refractivity contribution in [3.05, 3.63) is 29.8 Å². The van der Waals surface area contributed by atoms with Crippen molar-refractivity contribution in [2.75, 3.05) is 12.3 Å². The zero-order chi connectivity index (χ0) is 17.4. The maximum atomic E-state index is 11.8. The van der Waals surface area contributed by atoms with Crippen molar-refractivity contribution in [2.45, 2.75) is 18.5 Å². The topological polar surface area (TPSA) is 142 Å². The number of carbonyl (C=O) groups excluding carboxylic acids is 2. The third-order valence-corrected chi connectivity index (χ3v) is 3.33. The molecule has 0 aliphatic carbocycles. The molecule has 1 aromatic rings. The molecule has 0 bridgehead atoms. The van der Waals surface area contributed by atoms with Crippen LogP contribution in [0.15, 0.2) is 24.3 Å². The molecule has 1 aromatic carbocycles. The van der Waals surface area contributed by atoms with E-state index < -0.39 is 29.9 Å². The Morgan fingerprint density at radius 2 is 1.83 bits per heavy atom. The maximum absolute atomic E-state index is 11.8. The first-order valence-corrected chi connectivity index (χ1v) is 7.41. The number of hydrogen-bond donors (Lipinski definition) is 6. The predicted molar refractivity (Wildman–Crippen MR) is 86.2 cm³/mol. The molecule has 0 heterocycles. The average Bonchev–Trinajstić information content (AvgIpc) is 2.52. The number of aliphatic carboxylic acids is 1. The van der Waals surface area contributed by atoms with E-state index in [0.29, 0.717) is 0 Å². The molecule has 0 spiro atoms. The number of thiol groups is 1. The minimum atomic E-state index is -1.20. The molecular weight excluding hydrogens is 322 g/mol. The van der Waals surface area contributed by atoms with E-state index in [-0.39, 0.29) is 24.5 Å². The monoisotopic (exact) mass is 341 g/mol. The van der Waals surface area contributed by atoms with Gasteiger partial charge in [-0.05, 0) is 24.1 Å². The zero-order valence-corrected chi connectivity index (χ0v) is 13.1. The molecule has 23 heavy (non-hydrogen) atoms. The molecular formula is C14H19N3O5S. The van der Waals surface area contributed by atoms with Gasteiger partial charge in [0.25, 0.3) is 0 Å². The molecule has 6 N–H and O–H groups in total. The van der Waals surface area contributed by atoms with Gasteiger partial charge in [0, 0.05) is 5.75 Å². The lowest BCUT2D eigenvalue weighted by Crippen LogP contribution is -2.49. The van der Waals surface area contributed by atoms with Crippen LogP contribution in [-0.2, 0) is 20.8 Å². The maximum Gasteiger partial charge on any atom is 0.327 e. The molecule has 8 nitrogen and oxygen atoms in total. The summed E-state index contributed by atoms with van der Waals surface area (Å²) in [5.74, 6) is -2.33. The van der Waals surface area contributed by atoms with Crippen molar-refractivity contribution < 1.29 is 24.6 Å². The standard InChI is InChI=1S/C14H19N3O5S/c15-10(5-8-1-3-9(18)4-2-8)13(20)16-6-12(19)17-11(7-23)14(21)22/h1-4,10-11,18,23H,5-7,15H2,(H,16,20)(H,17,19)(H,21,22). The Morgan fingerprint density at radius 3 is 2.35 bits per heavy atom. The molecule has 0 radical (unpaired) electrons. The number of carboxylic acids is 1. The molecule has 2 atom stereocenters. The van der Waals surface area contributed by atoms with Crippen LogP contribution in [0.3, 0.4) is 0 Å². The lowest BCUT2D eigenvalue weighted by atomic mass is 10.1. The number of nitrogens with one attached hydrogen (secondary N) is 2. The summed E-state index contributed by atoms with van der Waals surface area (Å²) in [6, 6.07) is 4.26. The van der Waals surface area contributed by atoms with Gasteiger partial charge in [-0.15, -0.1) is 0 Å². The highest BCUT2D eigenvalue weighted by molar-refractivity contribution is 7.80. The van der Waals surface area contributed by atoms with Crippen LogP contribution in [-0.4, -0.2) is 52.4 Å². The molecule has 0 saturated heterocycles. The van der Waals surface area contributed by atoms with E-state index in [1.54, 1.807) is 12.1 Å². The normalized spacial score (nSPS) is 13.0. The van der Waals surface area contributed by atoms with E-state index in [0.717, 1.165) is 5.56 Å². The second kappa shape index (κ2) is 9.01. The SMILES string of the molecule is NC(Cc1ccc(O)cc1)C(=O)NCC(=O)NC(CS)C(=O)O. The fourth-order valence-corrected chi connectivity index (χ4v) is 1.96. The van der Waals surface area contributed by atoms with Gasteiger partial charge in [0.1, 0.15) is 11.8 Å². The molecule has 0 saturated carbocycles. The van der Waals surface area contributed by atoms with Crippen LogP contribution in [0.25, 0.3) is 0 Å². The van der Waals surface area contributed by atoms with E-state index in [1.165, 1.54) is 12.1 Å². The number of carbonyl (C=O) groups is 3. The van der Waals surface area contributed by atoms with Gasteiger partial charge in [-0.1, -0.05) is 12.1 Å². The summed E-state index contributed by atoms with van der Waals surface area (Å²) >= 11 is 3.81. The van der Waals surface area contributed by atoms with Crippen molar-refractivity contribution >= 4 is 30.4 Å². The summed E-state index contributed by atoms with van der Waals surface area (Å²) in [6.45, 7) is -0.375. The first kappa shape index (κ1) is 18.8. The lowest BCUT2D eigenvalue weighted by molar-refractivity contribution is -0.141. The predicted octanol–water partition coefficient (Wildman–Crippen LogP) is -1.12. The molecule has 2 amide bonds. The highest BCUT2D eigenvalue weighted by Gasteiger charge is 2.19. The van der Waals surface area contributed by atoms with Crippen LogP contribution in [0.1, 0.15) is 5.56 Å². The Balaban J connectivity index is 2.41. The van der Waals surface area contributed by atoms with E-state index in [1.807, 2.05) is 0 Å². The van der Waals surface area contributed by atoms with Crippen molar-refractivity contribution in [1.82, 2.24) is 10.6 Å². The van der Waals surface area contributed by atoms with Gasteiger partial charge in [-0.3, -0.25) is 9.59 Å². The van der Waals surface area contributed by atoms with Crippen LogP contribution in [0.4, 0.5) is 0 Å². The molecule has 0 aliphatic rings. The van der Waals surface area contributed by atoms with Crippen LogP contribution in [0.5, 0.6) is 5.75 Å². The smallest absolute Gasteiger partial charge is 0.327 e. The van der Waals surface area contributed by atoms with Crippen LogP contribution >= 0.6 is 12.6 Å². The number of carboxylic acid groups (broad SMARTS) is 1. The molecule has 9 heteroatoms. The van der Waals surface area contributed by atoms with Gasteiger partial charge in [-0.25, -0.2) is 4.79 Å². The van der Waals surface area contributed by atoms with Crippen LogP contribution < -0.4 is 16.4 Å². The van der Waals surface area contributed by atoms with Crippen molar-refractivity contribution in [3.8, 4) is 5.75 Å². The number of nitrogens with two attached hydrogens (primary N) is 1. The summed E-state index contributed by atoms with van der Waals surface area (Å²) in [6.07, 6.45) is 0.238. The highest BCUT2D eigenvalue weighted by Crippen LogP contribution is 2.10. The quantitative estimate of drug-likeness (QED) is 0.331. The Kier molecular flexibility index (Phi) is 7.36. The highest BCUT2D eigenvalue weighted by atomic mass is 32.1. The van der Waals surface area contributed by atoms with Crippen molar-refractivity contribution in [2.24, 2.45) is 5.73 Å². The first-order chi connectivity index (χ1) is 10.8. The number of benzene rings is 1. The molecule has 126 valence electrons. The summed E-state index contributed by atoms with van der Waals surface area (Å²) in [7, 11) is 0. The van der Waals surface area contributed by atoms with Crippen molar-refractivity contribution in [1.29, 1.82) is 0 Å². The first-order valence-electron chi connectivity index (χ1n) is 6.77. The summed E-state index contributed by atoms with van der Waals surface area (Å²) in [5, 5.41) is 22.5. The fourth-order valence-electron chi connectivity index (χ4n) is 1.71. The van der Waals surface area contributed by atoms with E-state index in [4.69, 9.17) is 10.8 Å². The minimum absolute atomic E-state index is 0.0601. The summed E-state index contributed by atoms with van der Waals surface area (Å²) in [4.78, 5) is 34.1. The molecule has 1 rings (SSSR count). The second-order valence-corrected chi connectivity index (χ2v) is 5.20. The largest absolute Gasteiger partial charge is 0.508 e. The summed E-state index contributed by atoms with van der Waals surface area (Å²) in [5.41, 5.74) is 6.50. The number of hydrogen-bond acceptors (Lipinski definition) is 6. The third kappa shape index (κ3) is 6.57. The van der Waals surface area contributed by atoms with E-state index in [2.05, 4.69) is 23.3 Å².